The molecule has 2 fully saturated rings. The van der Waals surface area contributed by atoms with Gasteiger partial charge in [0.2, 0.25) is 5.91 Å². The van der Waals surface area contributed by atoms with Crippen LogP contribution < -0.4 is 5.32 Å². The lowest BCUT2D eigenvalue weighted by atomic mass is 9.98. The summed E-state index contributed by atoms with van der Waals surface area (Å²) in [5, 5.41) is 2.50. The number of ether oxygens (including phenoxy) is 3. The summed E-state index contributed by atoms with van der Waals surface area (Å²) in [4.78, 5) is 47.8. The van der Waals surface area contributed by atoms with Crippen molar-refractivity contribution < 1.29 is 68.5 Å². The Morgan fingerprint density at radius 1 is 0.857 bits per heavy atom. The van der Waals surface area contributed by atoms with E-state index in [2.05, 4.69) is 5.32 Å². The predicted octanol–water partition coefficient (Wildman–Crippen LogP) is 10.9. The summed E-state index contributed by atoms with van der Waals surface area (Å²) in [5.41, 5.74) is -4.04. The Morgan fingerprint density at radius 3 is 1.77 bits per heavy atom. The minimum Gasteiger partial charge on any atom is -0.444 e. The standard InChI is InChI=1S/C17H21F4NO3.C10H17NO3.C7H3F4I.C4H8O/c1-10(22-15(24)25-16(2,3)4)5-8-14(23)12-7-6-11(18)9-13(12)17(19,20)21;1-7-5-6-8(12)11(7)9(13)14-10(2,3)4;8-4-1-2-6(12)5(3-4)7(9,10)11;1-2-4-5-3-1/h6-7,9-10H,5,8H2,1-4H3,(H,22,24);7H,5-6H2,1-4H3;1-3H;1-4H2/t10-;7-;;/m11../s1. The molecular formula is C38H49F8IN2O7. The van der Waals surface area contributed by atoms with Crippen LogP contribution >= 0.6 is 22.6 Å². The first-order valence-corrected chi connectivity index (χ1v) is 18.6. The maximum absolute atomic E-state index is 13.1. The minimum absolute atomic E-state index is 0.00139. The van der Waals surface area contributed by atoms with E-state index in [4.69, 9.17) is 14.2 Å². The first kappa shape index (κ1) is 50.5. The number of Topliss-reactive ketones (excluding diaryl/α,β-unsaturated/α-hetero) is 1. The molecule has 0 bridgehead atoms. The Labute approximate surface area is 335 Å². The van der Waals surface area contributed by atoms with Crippen molar-refractivity contribution in [3.63, 3.8) is 0 Å². The van der Waals surface area contributed by atoms with Crippen molar-refractivity contribution in [3.05, 3.63) is 68.3 Å². The van der Waals surface area contributed by atoms with Gasteiger partial charge in [-0.05, 0) is 140 Å². The highest BCUT2D eigenvalue weighted by molar-refractivity contribution is 14.1. The van der Waals surface area contributed by atoms with Gasteiger partial charge >= 0.3 is 24.5 Å². The van der Waals surface area contributed by atoms with E-state index in [0.717, 1.165) is 43.9 Å². The van der Waals surface area contributed by atoms with E-state index in [1.165, 1.54) is 40.3 Å². The molecule has 56 heavy (non-hydrogen) atoms. The summed E-state index contributed by atoms with van der Waals surface area (Å²) in [6.45, 7) is 15.9. The van der Waals surface area contributed by atoms with E-state index < -0.39 is 75.9 Å². The number of likely N-dealkylation sites (tertiary alicyclic amines) is 1. The number of alkyl carbamates (subject to hydrolysis) is 1. The number of halogens is 9. The molecule has 18 heteroatoms. The Bertz CT molecular complexity index is 1610. The second-order valence-corrected chi connectivity index (χ2v) is 15.9. The largest absolute Gasteiger partial charge is 0.444 e. The molecular weight excluding hydrogens is 875 g/mol. The van der Waals surface area contributed by atoms with Gasteiger partial charge in [0.05, 0.1) is 11.1 Å². The lowest BCUT2D eigenvalue weighted by Crippen LogP contribution is -2.41. The summed E-state index contributed by atoms with van der Waals surface area (Å²) in [6.07, 6.45) is -6.87. The second-order valence-electron chi connectivity index (χ2n) is 14.8. The zero-order valence-electron chi connectivity index (χ0n) is 32.5. The fourth-order valence-corrected chi connectivity index (χ4v) is 5.34. The molecule has 3 amide bonds. The van der Waals surface area contributed by atoms with Crippen LogP contribution in [-0.4, -0.2) is 65.3 Å². The quantitative estimate of drug-likeness (QED) is 0.181. The van der Waals surface area contributed by atoms with Gasteiger partial charge in [0.25, 0.3) is 0 Å². The molecule has 2 aliphatic rings. The van der Waals surface area contributed by atoms with Crippen molar-refractivity contribution in [1.29, 1.82) is 0 Å². The van der Waals surface area contributed by atoms with Crippen molar-refractivity contribution in [2.75, 3.05) is 13.2 Å². The molecule has 0 saturated carbocycles. The van der Waals surface area contributed by atoms with Gasteiger partial charge in [-0.1, -0.05) is 0 Å². The average Bonchev–Trinajstić information content (AvgIpc) is 3.72. The highest BCUT2D eigenvalue weighted by Crippen LogP contribution is 2.34. The van der Waals surface area contributed by atoms with Crippen LogP contribution in [0.4, 0.5) is 44.7 Å². The number of ketones is 1. The van der Waals surface area contributed by atoms with Crippen LogP contribution in [0, 0.1) is 15.2 Å². The lowest BCUT2D eigenvalue weighted by Gasteiger charge is -2.25. The monoisotopic (exact) mass is 924 g/mol. The predicted molar refractivity (Wildman–Crippen MR) is 200 cm³/mol. The fraction of sp³-hybridized carbons (Fsp3) is 0.579. The summed E-state index contributed by atoms with van der Waals surface area (Å²) in [6, 6.07) is 4.01. The molecule has 2 aromatic rings. The number of carbonyl (C=O) groups excluding carboxylic acids is 4. The third-order valence-corrected chi connectivity index (χ3v) is 8.23. The van der Waals surface area contributed by atoms with E-state index in [1.54, 1.807) is 48.5 Å². The zero-order chi connectivity index (χ0) is 43.2. The number of imide groups is 1. The Balaban J connectivity index is 0.000000423. The van der Waals surface area contributed by atoms with Crippen molar-refractivity contribution in [1.82, 2.24) is 10.2 Å². The van der Waals surface area contributed by atoms with Crippen LogP contribution in [0.1, 0.15) is 115 Å². The van der Waals surface area contributed by atoms with Crippen LogP contribution in [0.25, 0.3) is 0 Å². The second kappa shape index (κ2) is 21.8. The van der Waals surface area contributed by atoms with E-state index >= 15 is 0 Å². The van der Waals surface area contributed by atoms with Gasteiger partial charge in [-0.3, -0.25) is 9.59 Å². The molecule has 2 aliphatic heterocycles. The molecule has 4 rings (SSSR count). The molecule has 9 nitrogen and oxygen atoms in total. The maximum Gasteiger partial charge on any atom is 0.417 e. The van der Waals surface area contributed by atoms with Crippen molar-refractivity contribution in [2.45, 2.75) is 130 Å². The van der Waals surface area contributed by atoms with Gasteiger partial charge in [-0.25, -0.2) is 23.3 Å². The van der Waals surface area contributed by atoms with Gasteiger partial charge in [-0.2, -0.15) is 26.3 Å². The van der Waals surface area contributed by atoms with Gasteiger partial charge in [-0.15, -0.1) is 0 Å². The molecule has 316 valence electrons. The highest BCUT2D eigenvalue weighted by atomic mass is 127. The molecule has 0 radical (unpaired) electrons. The van der Waals surface area contributed by atoms with Crippen molar-refractivity contribution in [3.8, 4) is 0 Å². The highest BCUT2D eigenvalue weighted by Gasteiger charge is 2.37. The molecule has 0 aliphatic carbocycles. The average molecular weight is 925 g/mol. The summed E-state index contributed by atoms with van der Waals surface area (Å²) in [7, 11) is 0. The lowest BCUT2D eigenvalue weighted by molar-refractivity contribution is -0.139. The van der Waals surface area contributed by atoms with Crippen LogP contribution in [0.2, 0.25) is 0 Å². The van der Waals surface area contributed by atoms with Crippen LogP contribution in [0.15, 0.2) is 36.4 Å². The number of benzene rings is 2. The zero-order valence-corrected chi connectivity index (χ0v) is 34.6. The number of amides is 3. The summed E-state index contributed by atoms with van der Waals surface area (Å²) >= 11 is 1.52. The van der Waals surface area contributed by atoms with E-state index in [1.807, 2.05) is 6.92 Å². The van der Waals surface area contributed by atoms with Crippen LogP contribution in [0.3, 0.4) is 0 Å². The third kappa shape index (κ3) is 19.5. The van der Waals surface area contributed by atoms with E-state index in [9.17, 15) is 54.3 Å². The number of alkyl halides is 6. The molecule has 2 atom stereocenters. The normalized spacial score (nSPS) is 16.3. The number of nitrogens with zero attached hydrogens (tertiary/aromatic N) is 1. The van der Waals surface area contributed by atoms with Gasteiger partial charge < -0.3 is 19.5 Å². The first-order valence-electron chi connectivity index (χ1n) is 17.6. The van der Waals surface area contributed by atoms with E-state index in [-0.39, 0.29) is 28.4 Å². The van der Waals surface area contributed by atoms with Crippen LogP contribution in [0.5, 0.6) is 0 Å². The molecule has 0 aromatic heterocycles. The van der Waals surface area contributed by atoms with Crippen molar-refractivity contribution >= 4 is 46.5 Å². The fourth-order valence-electron chi connectivity index (χ4n) is 4.70. The van der Waals surface area contributed by atoms with Crippen LogP contribution in [-0.2, 0) is 31.4 Å². The summed E-state index contributed by atoms with van der Waals surface area (Å²) in [5.74, 6) is -2.84. The van der Waals surface area contributed by atoms with Gasteiger partial charge in [0.1, 0.15) is 22.8 Å². The summed E-state index contributed by atoms with van der Waals surface area (Å²) < 4.78 is 116. The number of hydrogen-bond acceptors (Lipinski definition) is 7. The number of rotatable bonds is 5. The number of carbonyl (C=O) groups is 4. The Morgan fingerprint density at radius 2 is 1.36 bits per heavy atom. The molecule has 0 spiro atoms. The topological polar surface area (TPSA) is 111 Å². The Hall–Kier alpha value is -3.55. The SMILES string of the molecule is C1CCOC1.C[C@@H]1CCC(=O)N1C(=O)OC(C)(C)C.C[C@H](CCC(=O)c1ccc(F)cc1C(F)(F)F)NC(=O)OC(C)(C)C.Fc1ccc(I)c(C(F)(F)F)c1. The molecule has 0 unspecified atom stereocenters. The molecule has 2 heterocycles. The van der Waals surface area contributed by atoms with Gasteiger partial charge in [0, 0.05) is 47.3 Å². The molecule has 2 aromatic carbocycles. The number of nitrogens with one attached hydrogen (secondary N) is 1. The van der Waals surface area contributed by atoms with Crippen molar-refractivity contribution in [2.24, 2.45) is 0 Å². The molecule has 2 saturated heterocycles. The minimum atomic E-state index is -4.83. The van der Waals surface area contributed by atoms with Gasteiger partial charge in [0.15, 0.2) is 5.78 Å². The number of hydrogen-bond donors (Lipinski definition) is 1. The Kier molecular flexibility index (Phi) is 19.7. The smallest absolute Gasteiger partial charge is 0.417 e. The van der Waals surface area contributed by atoms with E-state index in [0.29, 0.717) is 18.6 Å². The maximum atomic E-state index is 13.1. The third-order valence-electron chi connectivity index (χ3n) is 7.29. The first-order chi connectivity index (χ1) is 25.5. The molecule has 1 N–H and O–H groups in total.